The number of amides is 2. The quantitative estimate of drug-likeness (QED) is 0.468. The second kappa shape index (κ2) is 8.60. The van der Waals surface area contributed by atoms with Gasteiger partial charge in [-0.2, -0.15) is 10.2 Å². The van der Waals surface area contributed by atoms with Crippen LogP contribution in [0.1, 0.15) is 28.9 Å². The third kappa shape index (κ3) is 3.89. The van der Waals surface area contributed by atoms with Gasteiger partial charge in [-0.15, -0.1) is 0 Å². The van der Waals surface area contributed by atoms with Gasteiger partial charge in [0.05, 0.1) is 13.7 Å². The zero-order chi connectivity index (χ0) is 22.0. The Morgan fingerprint density at radius 1 is 1.29 bits per heavy atom. The maximum absolute atomic E-state index is 13.0. The number of hydrogen-bond acceptors (Lipinski definition) is 7. The molecule has 2 aliphatic heterocycles. The van der Waals surface area contributed by atoms with Crippen molar-refractivity contribution in [3.63, 3.8) is 0 Å². The van der Waals surface area contributed by atoms with Crippen molar-refractivity contribution in [3.8, 4) is 0 Å². The first-order chi connectivity index (χ1) is 15.0. The number of rotatable bonds is 8. The van der Waals surface area contributed by atoms with Crippen LogP contribution in [-0.4, -0.2) is 58.0 Å². The van der Waals surface area contributed by atoms with E-state index in [1.165, 1.54) is 27.8 Å². The summed E-state index contributed by atoms with van der Waals surface area (Å²) < 4.78 is 11.3. The summed E-state index contributed by atoms with van der Waals surface area (Å²) in [7, 11) is 1.25. The average Bonchev–Trinajstić information content (AvgIpc) is 3.32. The molecule has 1 aromatic heterocycles. The van der Waals surface area contributed by atoms with E-state index in [0.29, 0.717) is 11.3 Å². The van der Waals surface area contributed by atoms with E-state index in [2.05, 4.69) is 11.7 Å². The Kier molecular flexibility index (Phi) is 5.72. The standard InChI is InChI=1S/C21H22N4O6/c1-3-9-30-17(26)12-23-10-15-16-11-24(19(18(15)22-23)20(27)29-2)21(28)25(16)31-13-14-7-5-4-6-8-14/h3-8,10,16,19H,1,9,11-13H2,2H3/t16-,19?/m1/s1. The topological polar surface area (TPSA) is 103 Å². The van der Waals surface area contributed by atoms with Crippen molar-refractivity contribution in [1.82, 2.24) is 19.7 Å². The molecule has 1 aromatic carbocycles. The smallest absolute Gasteiger partial charge is 0.345 e. The molecule has 1 unspecified atom stereocenters. The Morgan fingerprint density at radius 3 is 2.77 bits per heavy atom. The van der Waals surface area contributed by atoms with Crippen LogP contribution < -0.4 is 0 Å². The van der Waals surface area contributed by atoms with Gasteiger partial charge >= 0.3 is 18.0 Å². The molecule has 2 atom stereocenters. The van der Waals surface area contributed by atoms with Gasteiger partial charge in [-0.3, -0.25) is 14.3 Å². The fourth-order valence-electron chi connectivity index (χ4n) is 3.73. The highest BCUT2D eigenvalue weighted by Gasteiger charge is 2.53. The minimum atomic E-state index is -1.01. The lowest BCUT2D eigenvalue weighted by Gasteiger charge is -2.27. The molecule has 0 aliphatic carbocycles. The number of urea groups is 1. The van der Waals surface area contributed by atoms with Crippen molar-refractivity contribution in [2.24, 2.45) is 0 Å². The Morgan fingerprint density at radius 2 is 2.06 bits per heavy atom. The van der Waals surface area contributed by atoms with Gasteiger partial charge in [0.1, 0.15) is 31.5 Å². The summed E-state index contributed by atoms with van der Waals surface area (Å²) >= 11 is 0. The second-order valence-electron chi connectivity index (χ2n) is 7.10. The summed E-state index contributed by atoms with van der Waals surface area (Å²) in [6.07, 6.45) is 3.11. The van der Waals surface area contributed by atoms with Crippen LogP contribution in [0.4, 0.5) is 4.79 Å². The lowest BCUT2D eigenvalue weighted by molar-refractivity contribution is -0.146. The van der Waals surface area contributed by atoms with Gasteiger partial charge in [0, 0.05) is 11.8 Å². The maximum atomic E-state index is 13.0. The summed E-state index contributed by atoms with van der Waals surface area (Å²) in [4.78, 5) is 44.7. The highest BCUT2D eigenvalue weighted by molar-refractivity contribution is 5.87. The Bertz CT molecular complexity index is 1000. The zero-order valence-corrected chi connectivity index (χ0v) is 17.0. The minimum Gasteiger partial charge on any atom is -0.467 e. The van der Waals surface area contributed by atoms with E-state index in [1.807, 2.05) is 30.3 Å². The number of nitrogens with zero attached hydrogens (tertiary/aromatic N) is 4. The molecular weight excluding hydrogens is 404 g/mol. The monoisotopic (exact) mass is 426 g/mol. The van der Waals surface area contributed by atoms with Crippen molar-refractivity contribution >= 4 is 18.0 Å². The first-order valence-electron chi connectivity index (χ1n) is 9.71. The molecule has 1 fully saturated rings. The molecule has 31 heavy (non-hydrogen) atoms. The fourth-order valence-corrected chi connectivity index (χ4v) is 3.73. The van der Waals surface area contributed by atoms with E-state index < -0.39 is 30.1 Å². The summed E-state index contributed by atoms with van der Waals surface area (Å²) in [6.45, 7) is 3.89. The number of hydrogen-bond donors (Lipinski definition) is 0. The molecule has 0 spiro atoms. The number of benzene rings is 1. The number of aromatic nitrogens is 2. The van der Waals surface area contributed by atoms with Crippen molar-refractivity contribution in [3.05, 3.63) is 66.0 Å². The average molecular weight is 426 g/mol. The zero-order valence-electron chi connectivity index (χ0n) is 17.0. The van der Waals surface area contributed by atoms with E-state index >= 15 is 0 Å². The number of methoxy groups -OCH3 is 1. The number of esters is 2. The van der Waals surface area contributed by atoms with E-state index in [9.17, 15) is 14.4 Å². The number of ether oxygens (including phenoxy) is 2. The van der Waals surface area contributed by atoms with Crippen molar-refractivity contribution < 1.29 is 28.7 Å². The first kappa shape index (κ1) is 20.6. The number of carbonyl (C=O) groups is 3. The highest BCUT2D eigenvalue weighted by atomic mass is 16.7. The van der Waals surface area contributed by atoms with E-state index in [0.717, 1.165) is 5.56 Å². The molecule has 0 radical (unpaired) electrons. The Hall–Kier alpha value is -3.66. The second-order valence-corrected chi connectivity index (χ2v) is 7.10. The first-order valence-corrected chi connectivity index (χ1v) is 9.71. The lowest BCUT2D eigenvalue weighted by Crippen LogP contribution is -2.39. The van der Waals surface area contributed by atoms with E-state index in [-0.39, 0.29) is 26.3 Å². The van der Waals surface area contributed by atoms with Crippen LogP contribution in [0.15, 0.2) is 49.2 Å². The Balaban J connectivity index is 1.61. The van der Waals surface area contributed by atoms with Crippen molar-refractivity contribution in [1.29, 1.82) is 0 Å². The summed E-state index contributed by atoms with van der Waals surface area (Å²) in [5.74, 6) is -1.11. The van der Waals surface area contributed by atoms with Crippen LogP contribution in [0.25, 0.3) is 0 Å². The van der Waals surface area contributed by atoms with Gasteiger partial charge < -0.3 is 14.4 Å². The van der Waals surface area contributed by atoms with Crippen LogP contribution in [0.2, 0.25) is 0 Å². The van der Waals surface area contributed by atoms with Crippen LogP contribution in [0.3, 0.4) is 0 Å². The molecule has 2 amide bonds. The molecule has 0 saturated carbocycles. The van der Waals surface area contributed by atoms with Crippen molar-refractivity contribution in [2.45, 2.75) is 25.2 Å². The predicted octanol–water partition coefficient (Wildman–Crippen LogP) is 1.75. The molecular formula is C21H22N4O6. The largest absolute Gasteiger partial charge is 0.467 e. The molecule has 10 heteroatoms. The van der Waals surface area contributed by atoms with Crippen molar-refractivity contribution in [2.75, 3.05) is 20.3 Å². The molecule has 162 valence electrons. The normalized spacial score (nSPS) is 19.2. The molecule has 3 heterocycles. The van der Waals surface area contributed by atoms with Gasteiger partial charge in [0.25, 0.3) is 0 Å². The van der Waals surface area contributed by atoms with E-state index in [1.54, 1.807) is 6.20 Å². The van der Waals surface area contributed by atoms with Gasteiger partial charge in [0.15, 0.2) is 6.04 Å². The molecule has 2 aliphatic rings. The number of carbonyl (C=O) groups excluding carboxylic acids is 3. The summed E-state index contributed by atoms with van der Waals surface area (Å²) in [5, 5.41) is 5.65. The van der Waals surface area contributed by atoms with E-state index in [4.69, 9.17) is 14.3 Å². The molecule has 2 bridgehead atoms. The highest BCUT2D eigenvalue weighted by Crippen LogP contribution is 2.43. The number of fused-ring (bicyclic) bond motifs is 4. The van der Waals surface area contributed by atoms with Gasteiger partial charge in [-0.05, 0) is 5.56 Å². The summed E-state index contributed by atoms with van der Waals surface area (Å²) in [5.41, 5.74) is 1.89. The SMILES string of the molecule is C=CCOC(=O)Cn1cc2c(n1)C(C(=O)OC)N1C[C@H]2N(OCc2ccccc2)C1=O. The molecule has 4 rings (SSSR count). The predicted molar refractivity (Wildman–Crippen MR) is 106 cm³/mol. The third-order valence-electron chi connectivity index (χ3n) is 5.13. The van der Waals surface area contributed by atoms with Crippen LogP contribution in [-0.2, 0) is 37.1 Å². The molecule has 0 N–H and O–H groups in total. The van der Waals surface area contributed by atoms with Crippen LogP contribution >= 0.6 is 0 Å². The molecule has 1 saturated heterocycles. The third-order valence-corrected chi connectivity index (χ3v) is 5.13. The summed E-state index contributed by atoms with van der Waals surface area (Å²) in [6, 6.07) is 7.52. The van der Waals surface area contributed by atoms with Crippen LogP contribution in [0.5, 0.6) is 0 Å². The molecule has 10 nitrogen and oxygen atoms in total. The van der Waals surface area contributed by atoms with Gasteiger partial charge in [0.2, 0.25) is 0 Å². The maximum Gasteiger partial charge on any atom is 0.345 e. The lowest BCUT2D eigenvalue weighted by atomic mass is 9.98. The van der Waals surface area contributed by atoms with Gasteiger partial charge in [-0.25, -0.2) is 9.59 Å². The Labute approximate surface area is 178 Å². The number of hydroxylamine groups is 2. The fraction of sp³-hybridized carbons (Fsp3) is 0.333. The minimum absolute atomic E-state index is 0.0939. The van der Waals surface area contributed by atoms with Gasteiger partial charge in [-0.1, -0.05) is 43.0 Å². The molecule has 2 aromatic rings. The van der Waals surface area contributed by atoms with Crippen LogP contribution in [0, 0.1) is 0 Å².